The van der Waals surface area contributed by atoms with Crippen molar-refractivity contribution in [2.45, 2.75) is 38.1 Å². The largest absolute Gasteiger partial charge is 0.379 e. The van der Waals surface area contributed by atoms with Gasteiger partial charge in [-0.15, -0.1) is 0 Å². The molecule has 1 aliphatic heterocycles. The van der Waals surface area contributed by atoms with E-state index in [0.29, 0.717) is 12.6 Å². The summed E-state index contributed by atoms with van der Waals surface area (Å²) in [6, 6.07) is 0.266. The Morgan fingerprint density at radius 3 is 2.65 bits per heavy atom. The van der Waals surface area contributed by atoms with Gasteiger partial charge >= 0.3 is 6.03 Å². The minimum atomic E-state index is -0.0856. The third-order valence-corrected chi connectivity index (χ3v) is 3.81. The molecule has 0 spiro atoms. The zero-order chi connectivity index (χ0) is 14.0. The van der Waals surface area contributed by atoms with E-state index in [1.54, 1.807) is 0 Å². The van der Waals surface area contributed by atoms with Crippen LogP contribution in [0.3, 0.4) is 0 Å². The van der Waals surface area contributed by atoms with Crippen LogP contribution in [0.2, 0.25) is 0 Å². The summed E-state index contributed by atoms with van der Waals surface area (Å²) < 4.78 is 5.28. The van der Waals surface area contributed by atoms with Crippen LogP contribution in [-0.4, -0.2) is 56.4 Å². The number of carbonyl (C=O) groups is 1. The first-order chi connectivity index (χ1) is 9.84. The summed E-state index contributed by atoms with van der Waals surface area (Å²) in [7, 11) is 0. The predicted octanol–water partition coefficient (Wildman–Crippen LogP) is 0.954. The van der Waals surface area contributed by atoms with Crippen LogP contribution in [0.5, 0.6) is 0 Å². The molecular weight excluding hydrogens is 254 g/mol. The molecule has 2 amide bonds. The summed E-state index contributed by atoms with van der Waals surface area (Å²) in [5, 5.41) is 5.82. The number of rotatable bonds is 3. The molecule has 2 rings (SSSR count). The number of nitrogens with one attached hydrogen (secondary N) is 2. The number of amides is 2. The van der Waals surface area contributed by atoms with Crippen LogP contribution in [-0.2, 0) is 4.74 Å². The number of urea groups is 1. The summed E-state index contributed by atoms with van der Waals surface area (Å²) >= 11 is 0. The van der Waals surface area contributed by atoms with E-state index in [-0.39, 0.29) is 6.03 Å². The average Bonchev–Trinajstić information content (AvgIpc) is 2.49. The molecule has 0 aromatic carbocycles. The second kappa shape index (κ2) is 8.83. The maximum Gasteiger partial charge on any atom is 0.315 e. The highest BCUT2D eigenvalue weighted by Gasteiger charge is 2.14. The zero-order valence-electron chi connectivity index (χ0n) is 12.1. The third kappa shape index (κ3) is 5.81. The van der Waals surface area contributed by atoms with E-state index in [2.05, 4.69) is 27.4 Å². The third-order valence-electron chi connectivity index (χ3n) is 3.81. The van der Waals surface area contributed by atoms with Crippen molar-refractivity contribution in [2.24, 2.45) is 0 Å². The normalized spacial score (nSPS) is 20.8. The molecule has 112 valence electrons. The number of ether oxygens (including phenoxy) is 1. The number of hydrogen-bond acceptors (Lipinski definition) is 3. The van der Waals surface area contributed by atoms with E-state index in [1.807, 2.05) is 0 Å². The lowest BCUT2D eigenvalue weighted by atomic mass is 9.96. The Labute approximate surface area is 121 Å². The van der Waals surface area contributed by atoms with Gasteiger partial charge in [-0.05, 0) is 12.8 Å². The Bertz CT molecular complexity index is 350. The minimum Gasteiger partial charge on any atom is -0.379 e. The first-order valence-electron chi connectivity index (χ1n) is 7.65. The Morgan fingerprint density at radius 1 is 1.15 bits per heavy atom. The van der Waals surface area contributed by atoms with Crippen molar-refractivity contribution in [3.63, 3.8) is 0 Å². The van der Waals surface area contributed by atoms with Gasteiger partial charge in [0, 0.05) is 19.1 Å². The van der Waals surface area contributed by atoms with Crippen LogP contribution in [0, 0.1) is 11.8 Å². The fourth-order valence-electron chi connectivity index (χ4n) is 2.60. The van der Waals surface area contributed by atoms with Crippen molar-refractivity contribution in [3.05, 3.63) is 0 Å². The molecule has 0 bridgehead atoms. The monoisotopic (exact) mass is 279 g/mol. The van der Waals surface area contributed by atoms with Gasteiger partial charge in [0.25, 0.3) is 0 Å². The molecule has 1 aliphatic carbocycles. The molecule has 0 atom stereocenters. The van der Waals surface area contributed by atoms with Crippen LogP contribution in [0.1, 0.15) is 32.1 Å². The number of hydrogen-bond donors (Lipinski definition) is 2. The van der Waals surface area contributed by atoms with Crippen LogP contribution in [0.15, 0.2) is 0 Å². The molecule has 1 saturated heterocycles. The lowest BCUT2D eigenvalue weighted by molar-refractivity contribution is 0.0443. The molecule has 0 aromatic rings. The van der Waals surface area contributed by atoms with E-state index < -0.39 is 0 Å². The van der Waals surface area contributed by atoms with Gasteiger partial charge in [-0.3, -0.25) is 4.90 Å². The minimum absolute atomic E-state index is 0.0856. The lowest BCUT2D eigenvalue weighted by Gasteiger charge is -2.24. The first kappa shape index (κ1) is 15.1. The molecule has 1 heterocycles. The quantitative estimate of drug-likeness (QED) is 0.757. The first-order valence-corrected chi connectivity index (χ1v) is 7.65. The highest BCUT2D eigenvalue weighted by Crippen LogP contribution is 2.16. The molecule has 0 aromatic heterocycles. The van der Waals surface area contributed by atoms with Crippen molar-refractivity contribution >= 4 is 6.03 Å². The van der Waals surface area contributed by atoms with E-state index in [1.165, 1.54) is 19.3 Å². The number of morpholine rings is 1. The van der Waals surface area contributed by atoms with E-state index >= 15 is 0 Å². The maximum absolute atomic E-state index is 11.7. The van der Waals surface area contributed by atoms with Gasteiger partial charge in [-0.1, -0.05) is 31.1 Å². The molecule has 5 heteroatoms. The Balaban J connectivity index is 1.54. The van der Waals surface area contributed by atoms with Crippen LogP contribution < -0.4 is 10.6 Å². The summed E-state index contributed by atoms with van der Waals surface area (Å²) in [4.78, 5) is 13.9. The average molecular weight is 279 g/mol. The summed E-state index contributed by atoms with van der Waals surface area (Å²) in [6.45, 7) is 4.67. The molecule has 1 saturated carbocycles. The standard InChI is InChI=1S/C15H25N3O2/c19-15(17-14-6-2-1-3-7-14)16-8-4-5-9-18-10-12-20-13-11-18/h14H,1-3,6-13H2,(H2,16,17,19). The van der Waals surface area contributed by atoms with Crippen LogP contribution >= 0.6 is 0 Å². The smallest absolute Gasteiger partial charge is 0.315 e. The summed E-state index contributed by atoms with van der Waals surface area (Å²) in [6.07, 6.45) is 5.97. The second-order valence-electron chi connectivity index (χ2n) is 5.40. The van der Waals surface area contributed by atoms with E-state index in [4.69, 9.17) is 4.74 Å². The highest BCUT2D eigenvalue weighted by atomic mass is 16.5. The van der Waals surface area contributed by atoms with Gasteiger partial charge < -0.3 is 15.4 Å². The molecule has 0 unspecified atom stereocenters. The van der Waals surface area contributed by atoms with Crippen molar-refractivity contribution < 1.29 is 9.53 Å². The van der Waals surface area contributed by atoms with Crippen molar-refractivity contribution in [3.8, 4) is 11.8 Å². The highest BCUT2D eigenvalue weighted by molar-refractivity contribution is 5.74. The summed E-state index contributed by atoms with van der Waals surface area (Å²) in [5.74, 6) is 6.09. The Kier molecular flexibility index (Phi) is 6.69. The van der Waals surface area contributed by atoms with Gasteiger partial charge in [-0.25, -0.2) is 4.79 Å². The molecule has 5 nitrogen and oxygen atoms in total. The van der Waals surface area contributed by atoms with Crippen molar-refractivity contribution in [1.29, 1.82) is 0 Å². The van der Waals surface area contributed by atoms with Gasteiger partial charge in [0.1, 0.15) is 0 Å². The second-order valence-corrected chi connectivity index (χ2v) is 5.40. The molecule has 2 aliphatic rings. The molecule has 20 heavy (non-hydrogen) atoms. The molecule has 2 fully saturated rings. The number of carbonyl (C=O) groups excluding carboxylic acids is 1. The van der Waals surface area contributed by atoms with Gasteiger partial charge in [0.2, 0.25) is 0 Å². The molecule has 2 N–H and O–H groups in total. The van der Waals surface area contributed by atoms with Gasteiger partial charge in [0.15, 0.2) is 0 Å². The topological polar surface area (TPSA) is 53.6 Å². The Morgan fingerprint density at radius 2 is 1.90 bits per heavy atom. The fourth-order valence-corrected chi connectivity index (χ4v) is 2.60. The van der Waals surface area contributed by atoms with Gasteiger partial charge in [0.05, 0.1) is 26.3 Å². The van der Waals surface area contributed by atoms with Crippen molar-refractivity contribution in [1.82, 2.24) is 15.5 Å². The van der Waals surface area contributed by atoms with Crippen molar-refractivity contribution in [2.75, 3.05) is 39.4 Å². The SMILES string of the molecule is O=C(NCC#CCN1CCOCC1)NC1CCCCC1. The summed E-state index contributed by atoms with van der Waals surface area (Å²) in [5.41, 5.74) is 0. The van der Waals surface area contributed by atoms with E-state index in [9.17, 15) is 4.79 Å². The molecule has 0 radical (unpaired) electrons. The Hall–Kier alpha value is -1.25. The predicted molar refractivity (Wildman–Crippen MR) is 78.4 cm³/mol. The lowest BCUT2D eigenvalue weighted by Crippen LogP contribution is -2.43. The van der Waals surface area contributed by atoms with E-state index in [0.717, 1.165) is 45.7 Å². The van der Waals surface area contributed by atoms with Crippen LogP contribution in [0.4, 0.5) is 4.79 Å². The molecular formula is C15H25N3O2. The fraction of sp³-hybridized carbons (Fsp3) is 0.800. The number of nitrogens with zero attached hydrogens (tertiary/aromatic N) is 1. The maximum atomic E-state index is 11.7. The zero-order valence-corrected chi connectivity index (χ0v) is 12.1. The van der Waals surface area contributed by atoms with Crippen LogP contribution in [0.25, 0.3) is 0 Å². The van der Waals surface area contributed by atoms with Gasteiger partial charge in [-0.2, -0.15) is 0 Å².